The third-order valence-corrected chi connectivity index (χ3v) is 4.04. The molecule has 1 heterocycles. The van der Waals surface area contributed by atoms with Gasteiger partial charge in [-0.15, -0.1) is 0 Å². The summed E-state index contributed by atoms with van der Waals surface area (Å²) in [6.07, 6.45) is 4.92. The second kappa shape index (κ2) is 5.04. The van der Waals surface area contributed by atoms with Crippen molar-refractivity contribution in [1.29, 1.82) is 0 Å². The van der Waals surface area contributed by atoms with E-state index in [1.54, 1.807) is 0 Å². The molecule has 0 aromatic carbocycles. The number of carbonyl (C=O) groups is 2. The Kier molecular flexibility index (Phi) is 3.66. The molecule has 2 rings (SSSR count). The maximum atomic E-state index is 11.9. The van der Waals surface area contributed by atoms with Gasteiger partial charge in [-0.1, -0.05) is 6.42 Å². The summed E-state index contributed by atoms with van der Waals surface area (Å²) in [6.45, 7) is 2.17. The first-order chi connectivity index (χ1) is 8.18. The fraction of sp³-hybridized carbons (Fsp3) is 0.833. The van der Waals surface area contributed by atoms with Crippen LogP contribution in [0.15, 0.2) is 0 Å². The minimum Gasteiger partial charge on any atom is -0.347 e. The van der Waals surface area contributed by atoms with Gasteiger partial charge in [-0.05, 0) is 25.7 Å². The number of hydrogen-bond donors (Lipinski definition) is 2. The second-order valence-corrected chi connectivity index (χ2v) is 5.11. The van der Waals surface area contributed by atoms with E-state index in [1.165, 1.54) is 0 Å². The number of carbonyl (C=O) groups excluding carboxylic acids is 2. The van der Waals surface area contributed by atoms with Crippen LogP contribution in [-0.4, -0.2) is 42.9 Å². The Bertz CT molecular complexity index is 301. The average Bonchev–Trinajstić information content (AvgIpc) is 2.78. The second-order valence-electron chi connectivity index (χ2n) is 5.11. The first-order valence-electron chi connectivity index (χ1n) is 6.44. The number of hydrogen-bond acceptors (Lipinski definition) is 3. The molecule has 1 aliphatic heterocycles. The maximum absolute atomic E-state index is 11.9. The number of amides is 2. The van der Waals surface area contributed by atoms with Crippen molar-refractivity contribution in [3.05, 3.63) is 0 Å². The summed E-state index contributed by atoms with van der Waals surface area (Å²) in [4.78, 5) is 25.5. The zero-order valence-electron chi connectivity index (χ0n) is 10.2. The van der Waals surface area contributed by atoms with Crippen molar-refractivity contribution in [2.45, 2.75) is 32.1 Å². The fourth-order valence-corrected chi connectivity index (χ4v) is 2.55. The molecule has 2 aliphatic rings. The van der Waals surface area contributed by atoms with Gasteiger partial charge in [0.2, 0.25) is 11.8 Å². The van der Waals surface area contributed by atoms with Crippen LogP contribution in [0, 0.1) is 5.41 Å². The minimum absolute atomic E-state index is 0.0299. The zero-order valence-corrected chi connectivity index (χ0v) is 10.2. The van der Waals surface area contributed by atoms with Crippen molar-refractivity contribution in [3.63, 3.8) is 0 Å². The molecule has 0 bridgehead atoms. The summed E-state index contributed by atoms with van der Waals surface area (Å²) in [6, 6.07) is 0. The van der Waals surface area contributed by atoms with Crippen molar-refractivity contribution in [1.82, 2.24) is 10.2 Å². The van der Waals surface area contributed by atoms with Crippen molar-refractivity contribution in [2.75, 3.05) is 26.2 Å². The molecule has 2 amide bonds. The largest absolute Gasteiger partial charge is 0.347 e. The fourth-order valence-electron chi connectivity index (χ4n) is 2.55. The van der Waals surface area contributed by atoms with Crippen molar-refractivity contribution in [2.24, 2.45) is 11.1 Å². The van der Waals surface area contributed by atoms with Gasteiger partial charge in [0.25, 0.3) is 0 Å². The van der Waals surface area contributed by atoms with Crippen molar-refractivity contribution >= 4 is 11.8 Å². The van der Waals surface area contributed by atoms with E-state index >= 15 is 0 Å². The summed E-state index contributed by atoms with van der Waals surface area (Å²) >= 11 is 0. The lowest BCUT2D eigenvalue weighted by molar-refractivity contribution is -0.138. The molecule has 5 nitrogen and oxygen atoms in total. The molecule has 0 radical (unpaired) electrons. The summed E-state index contributed by atoms with van der Waals surface area (Å²) in [5, 5.41) is 2.74. The molecule has 17 heavy (non-hydrogen) atoms. The zero-order chi connectivity index (χ0) is 12.3. The Morgan fingerprint density at radius 1 is 1.18 bits per heavy atom. The molecule has 96 valence electrons. The van der Waals surface area contributed by atoms with E-state index in [2.05, 4.69) is 5.32 Å². The first-order valence-corrected chi connectivity index (χ1v) is 6.44. The lowest BCUT2D eigenvalue weighted by Gasteiger charge is -2.39. The predicted octanol–water partition coefficient (Wildman–Crippen LogP) is -0.146. The van der Waals surface area contributed by atoms with Crippen LogP contribution in [0.5, 0.6) is 0 Å². The van der Waals surface area contributed by atoms with Gasteiger partial charge in [0, 0.05) is 19.6 Å². The van der Waals surface area contributed by atoms with Gasteiger partial charge >= 0.3 is 0 Å². The summed E-state index contributed by atoms with van der Waals surface area (Å²) in [5.41, 5.74) is 5.26. The van der Waals surface area contributed by atoms with Crippen molar-refractivity contribution in [3.8, 4) is 0 Å². The topological polar surface area (TPSA) is 75.4 Å². The molecule has 0 unspecified atom stereocenters. The highest BCUT2D eigenvalue weighted by Gasteiger charge is 2.42. The number of nitrogens with one attached hydrogen (secondary N) is 1. The molecular weight excluding hydrogens is 218 g/mol. The third kappa shape index (κ3) is 2.44. The van der Waals surface area contributed by atoms with Gasteiger partial charge in [0.15, 0.2) is 0 Å². The Labute approximate surface area is 102 Å². The van der Waals surface area contributed by atoms with Gasteiger partial charge < -0.3 is 16.0 Å². The third-order valence-electron chi connectivity index (χ3n) is 4.04. The minimum atomic E-state index is -0.384. The number of nitrogens with zero attached hydrogens (tertiary/aromatic N) is 1. The highest BCUT2D eigenvalue weighted by atomic mass is 16.2. The van der Waals surface area contributed by atoms with Crippen LogP contribution < -0.4 is 11.1 Å². The average molecular weight is 239 g/mol. The first kappa shape index (κ1) is 12.4. The lowest BCUT2D eigenvalue weighted by Crippen LogP contribution is -2.52. The van der Waals surface area contributed by atoms with Crippen LogP contribution in [0.1, 0.15) is 32.1 Å². The predicted molar refractivity (Wildman–Crippen MR) is 64.2 cm³/mol. The molecule has 3 N–H and O–H groups in total. The molecule has 1 saturated heterocycles. The molecule has 0 aromatic rings. The van der Waals surface area contributed by atoms with E-state index in [4.69, 9.17) is 5.73 Å². The highest BCUT2D eigenvalue weighted by molar-refractivity contribution is 5.88. The van der Waals surface area contributed by atoms with E-state index in [0.717, 1.165) is 45.2 Å². The Hall–Kier alpha value is -1.10. The molecular formula is C12H21N3O2. The van der Waals surface area contributed by atoms with Gasteiger partial charge in [-0.2, -0.15) is 0 Å². The molecule has 1 aliphatic carbocycles. The molecule has 0 aromatic heterocycles. The van der Waals surface area contributed by atoms with Gasteiger partial charge in [-0.25, -0.2) is 0 Å². The van der Waals surface area contributed by atoms with Crippen LogP contribution in [0.25, 0.3) is 0 Å². The van der Waals surface area contributed by atoms with E-state index in [0.29, 0.717) is 6.54 Å². The standard InChI is InChI=1S/C12H21N3O2/c13-9-12(4-3-5-12)11(17)14-8-10(16)15-6-1-2-7-15/h1-9,13H2,(H,14,17). The Morgan fingerprint density at radius 3 is 2.29 bits per heavy atom. The number of rotatable bonds is 4. The van der Waals surface area contributed by atoms with Crippen molar-refractivity contribution < 1.29 is 9.59 Å². The summed E-state index contributed by atoms with van der Waals surface area (Å²) < 4.78 is 0. The maximum Gasteiger partial charge on any atom is 0.241 e. The van der Waals surface area contributed by atoms with Crippen LogP contribution in [0.4, 0.5) is 0 Å². The van der Waals surface area contributed by atoms with Gasteiger partial charge in [0.1, 0.15) is 0 Å². The quantitative estimate of drug-likeness (QED) is 0.716. The molecule has 2 fully saturated rings. The highest BCUT2D eigenvalue weighted by Crippen LogP contribution is 2.39. The van der Waals surface area contributed by atoms with E-state index in [1.807, 2.05) is 4.90 Å². The van der Waals surface area contributed by atoms with Gasteiger partial charge in [-0.3, -0.25) is 9.59 Å². The Balaban J connectivity index is 1.77. The van der Waals surface area contributed by atoms with Crippen LogP contribution in [0.3, 0.4) is 0 Å². The van der Waals surface area contributed by atoms with Crippen LogP contribution in [0.2, 0.25) is 0 Å². The smallest absolute Gasteiger partial charge is 0.241 e. The molecule has 1 saturated carbocycles. The van der Waals surface area contributed by atoms with E-state index < -0.39 is 0 Å². The summed E-state index contributed by atoms with van der Waals surface area (Å²) in [5.74, 6) is -0.0128. The SMILES string of the molecule is NCC1(C(=O)NCC(=O)N2CCCC2)CCC1. The van der Waals surface area contributed by atoms with E-state index in [-0.39, 0.29) is 23.8 Å². The lowest BCUT2D eigenvalue weighted by atomic mass is 9.68. The Morgan fingerprint density at radius 2 is 1.82 bits per heavy atom. The number of likely N-dealkylation sites (tertiary alicyclic amines) is 1. The molecule has 0 spiro atoms. The van der Waals surface area contributed by atoms with E-state index in [9.17, 15) is 9.59 Å². The summed E-state index contributed by atoms with van der Waals surface area (Å²) in [7, 11) is 0. The molecule has 0 atom stereocenters. The normalized spacial score (nSPS) is 22.1. The van der Waals surface area contributed by atoms with Crippen LogP contribution >= 0.6 is 0 Å². The monoisotopic (exact) mass is 239 g/mol. The molecule has 5 heteroatoms. The van der Waals surface area contributed by atoms with Gasteiger partial charge in [0.05, 0.1) is 12.0 Å². The van der Waals surface area contributed by atoms with Crippen LogP contribution in [-0.2, 0) is 9.59 Å². The number of nitrogens with two attached hydrogens (primary N) is 1.